The molecule has 4 nitrogen and oxygen atoms in total. The van der Waals surface area contributed by atoms with Gasteiger partial charge in [0.25, 0.3) is 0 Å². The van der Waals surface area contributed by atoms with Crippen molar-refractivity contribution in [3.05, 3.63) is 0 Å². The first-order valence-corrected chi connectivity index (χ1v) is 7.92. The summed E-state index contributed by atoms with van der Waals surface area (Å²) in [6.45, 7) is 14.3. The van der Waals surface area contributed by atoms with E-state index in [9.17, 15) is 0 Å². The molecule has 20 heavy (non-hydrogen) atoms. The van der Waals surface area contributed by atoms with Crippen molar-refractivity contribution < 1.29 is 0 Å². The van der Waals surface area contributed by atoms with Crippen LogP contribution in [0.25, 0.3) is 0 Å². The third-order valence-electron chi connectivity index (χ3n) is 3.52. The zero-order valence-electron chi connectivity index (χ0n) is 13.6. The summed E-state index contributed by atoms with van der Waals surface area (Å²) in [4.78, 5) is 7.31. The van der Waals surface area contributed by atoms with Crippen LogP contribution in [0, 0.1) is 5.92 Å². The minimum atomic E-state index is 0. The first-order chi connectivity index (χ1) is 9.15. The summed E-state index contributed by atoms with van der Waals surface area (Å²) in [5.41, 5.74) is 0. The molecule has 1 fully saturated rings. The second-order valence-corrected chi connectivity index (χ2v) is 5.80. The number of aliphatic imine (C=N–C) groups is 1. The molecule has 0 atom stereocenters. The summed E-state index contributed by atoms with van der Waals surface area (Å²) < 4.78 is 0. The topological polar surface area (TPSA) is 39.7 Å². The quantitative estimate of drug-likeness (QED) is 0.412. The maximum Gasteiger partial charge on any atom is 0.191 e. The molecule has 0 spiro atoms. The van der Waals surface area contributed by atoms with Crippen molar-refractivity contribution in [2.75, 3.05) is 32.7 Å². The summed E-state index contributed by atoms with van der Waals surface area (Å²) in [5.74, 6) is 1.73. The van der Waals surface area contributed by atoms with E-state index in [1.165, 1.54) is 38.9 Å². The van der Waals surface area contributed by atoms with Crippen LogP contribution in [-0.4, -0.2) is 49.6 Å². The first-order valence-electron chi connectivity index (χ1n) is 7.92. The Morgan fingerprint density at radius 1 is 1.25 bits per heavy atom. The number of guanidine groups is 1. The van der Waals surface area contributed by atoms with Crippen LogP contribution < -0.4 is 10.6 Å². The van der Waals surface area contributed by atoms with Gasteiger partial charge in [0, 0.05) is 19.1 Å². The average molecular weight is 396 g/mol. The van der Waals surface area contributed by atoms with Gasteiger partial charge in [0.05, 0.1) is 0 Å². The maximum atomic E-state index is 4.72. The van der Waals surface area contributed by atoms with E-state index < -0.39 is 0 Å². The molecule has 2 N–H and O–H groups in total. The highest BCUT2D eigenvalue weighted by Crippen LogP contribution is 2.17. The summed E-state index contributed by atoms with van der Waals surface area (Å²) in [5, 5.41) is 6.69. The van der Waals surface area contributed by atoms with E-state index in [-0.39, 0.29) is 24.0 Å². The van der Waals surface area contributed by atoms with Crippen molar-refractivity contribution in [1.82, 2.24) is 15.5 Å². The van der Waals surface area contributed by atoms with Crippen LogP contribution in [0.15, 0.2) is 4.99 Å². The molecule has 0 aliphatic carbocycles. The van der Waals surface area contributed by atoms with Gasteiger partial charge in [0.2, 0.25) is 0 Å². The van der Waals surface area contributed by atoms with Crippen LogP contribution in [0.1, 0.15) is 47.0 Å². The maximum absolute atomic E-state index is 4.72. The molecule has 0 amide bonds. The smallest absolute Gasteiger partial charge is 0.191 e. The van der Waals surface area contributed by atoms with Crippen molar-refractivity contribution in [1.29, 1.82) is 0 Å². The van der Waals surface area contributed by atoms with Crippen LogP contribution >= 0.6 is 24.0 Å². The van der Waals surface area contributed by atoms with Crippen molar-refractivity contribution in [2.24, 2.45) is 10.9 Å². The summed E-state index contributed by atoms with van der Waals surface area (Å²) >= 11 is 0. The molecule has 0 radical (unpaired) electrons. The van der Waals surface area contributed by atoms with Gasteiger partial charge in [-0.3, -0.25) is 4.99 Å². The Labute approximate surface area is 142 Å². The van der Waals surface area contributed by atoms with Crippen LogP contribution in [0.3, 0.4) is 0 Å². The van der Waals surface area contributed by atoms with Gasteiger partial charge in [-0.2, -0.15) is 0 Å². The largest absolute Gasteiger partial charge is 0.357 e. The molecule has 1 saturated heterocycles. The molecule has 0 aromatic heterocycles. The average Bonchev–Trinajstić information content (AvgIpc) is 2.38. The lowest BCUT2D eigenvalue weighted by molar-refractivity contribution is 0.188. The molecule has 0 bridgehead atoms. The molecule has 1 heterocycles. The highest BCUT2D eigenvalue weighted by atomic mass is 127. The van der Waals surface area contributed by atoms with E-state index in [0.717, 1.165) is 25.0 Å². The monoisotopic (exact) mass is 396 g/mol. The fraction of sp³-hybridized carbons (Fsp3) is 0.933. The molecule has 0 aromatic rings. The normalized spacial score (nSPS) is 17.9. The van der Waals surface area contributed by atoms with E-state index in [0.29, 0.717) is 6.04 Å². The minimum Gasteiger partial charge on any atom is -0.357 e. The predicted octanol–water partition coefficient (Wildman–Crippen LogP) is 2.69. The molecular formula is C15H33IN4. The van der Waals surface area contributed by atoms with Gasteiger partial charge in [-0.25, -0.2) is 0 Å². The lowest BCUT2D eigenvalue weighted by Gasteiger charge is -2.31. The van der Waals surface area contributed by atoms with Gasteiger partial charge >= 0.3 is 0 Å². The lowest BCUT2D eigenvalue weighted by atomic mass is 9.97. The standard InChI is InChI=1S/C15H32N4.HI/c1-5-9-19-10-7-14(8-11-19)12-17-15(16-6-2)18-13(3)4;/h13-14H,5-12H2,1-4H3,(H2,16,17,18);1H. The molecule has 1 aliphatic rings. The van der Waals surface area contributed by atoms with Crippen molar-refractivity contribution in [3.8, 4) is 0 Å². The number of hydrogen-bond acceptors (Lipinski definition) is 2. The van der Waals surface area contributed by atoms with Gasteiger partial charge in [-0.1, -0.05) is 6.92 Å². The first kappa shape index (κ1) is 20.0. The van der Waals surface area contributed by atoms with Crippen molar-refractivity contribution in [3.63, 3.8) is 0 Å². The van der Waals surface area contributed by atoms with Gasteiger partial charge in [-0.05, 0) is 65.6 Å². The number of hydrogen-bond donors (Lipinski definition) is 2. The van der Waals surface area contributed by atoms with E-state index in [2.05, 4.69) is 43.2 Å². The Kier molecular flexibility index (Phi) is 11.6. The van der Waals surface area contributed by atoms with Crippen LogP contribution in [0.5, 0.6) is 0 Å². The molecule has 1 aliphatic heterocycles. The van der Waals surface area contributed by atoms with E-state index in [4.69, 9.17) is 4.99 Å². The molecule has 1 rings (SSSR count). The molecule has 0 aromatic carbocycles. The number of piperidine rings is 1. The van der Waals surface area contributed by atoms with Gasteiger partial charge in [0.15, 0.2) is 5.96 Å². The third kappa shape index (κ3) is 8.29. The van der Waals surface area contributed by atoms with Crippen LogP contribution in [-0.2, 0) is 0 Å². The SMILES string of the molecule is CCCN1CCC(CN=C(NCC)NC(C)C)CC1.I. The summed E-state index contributed by atoms with van der Waals surface area (Å²) in [6, 6.07) is 0.434. The van der Waals surface area contributed by atoms with Crippen molar-refractivity contribution in [2.45, 2.75) is 53.0 Å². The summed E-state index contributed by atoms with van der Waals surface area (Å²) in [7, 11) is 0. The molecule has 5 heteroatoms. The fourth-order valence-corrected chi connectivity index (χ4v) is 2.52. The van der Waals surface area contributed by atoms with E-state index in [1.807, 2.05) is 0 Å². The van der Waals surface area contributed by atoms with Crippen molar-refractivity contribution >= 4 is 29.9 Å². The minimum absolute atomic E-state index is 0. The third-order valence-corrected chi connectivity index (χ3v) is 3.52. The Balaban J connectivity index is 0.00000361. The highest BCUT2D eigenvalue weighted by molar-refractivity contribution is 14.0. The zero-order chi connectivity index (χ0) is 14.1. The Morgan fingerprint density at radius 3 is 2.40 bits per heavy atom. The lowest BCUT2D eigenvalue weighted by Crippen LogP contribution is -2.41. The highest BCUT2D eigenvalue weighted by Gasteiger charge is 2.18. The van der Waals surface area contributed by atoms with Crippen LogP contribution in [0.4, 0.5) is 0 Å². The van der Waals surface area contributed by atoms with Gasteiger partial charge in [-0.15, -0.1) is 24.0 Å². The second-order valence-electron chi connectivity index (χ2n) is 5.80. The van der Waals surface area contributed by atoms with E-state index in [1.54, 1.807) is 0 Å². The Hall–Kier alpha value is -0.0400. The second kappa shape index (κ2) is 11.6. The fourth-order valence-electron chi connectivity index (χ4n) is 2.52. The van der Waals surface area contributed by atoms with Gasteiger partial charge in [0.1, 0.15) is 0 Å². The number of halogens is 1. The molecule has 0 unspecified atom stereocenters. The number of nitrogens with zero attached hydrogens (tertiary/aromatic N) is 2. The number of nitrogens with one attached hydrogen (secondary N) is 2. The molecule has 0 saturated carbocycles. The predicted molar refractivity (Wildman–Crippen MR) is 99.1 cm³/mol. The number of likely N-dealkylation sites (tertiary alicyclic amines) is 1. The zero-order valence-corrected chi connectivity index (χ0v) is 15.9. The van der Waals surface area contributed by atoms with E-state index >= 15 is 0 Å². The van der Waals surface area contributed by atoms with Crippen LogP contribution in [0.2, 0.25) is 0 Å². The van der Waals surface area contributed by atoms with Gasteiger partial charge < -0.3 is 15.5 Å². The molecule has 120 valence electrons. The Morgan fingerprint density at radius 2 is 1.90 bits per heavy atom. The number of rotatable bonds is 6. The molecular weight excluding hydrogens is 363 g/mol. The summed E-state index contributed by atoms with van der Waals surface area (Å²) in [6.07, 6.45) is 3.86. The Bertz CT molecular complexity index is 261.